The Morgan fingerprint density at radius 2 is 1.47 bits per heavy atom. The number of rotatable bonds is 36. The van der Waals surface area contributed by atoms with Crippen LogP contribution < -0.4 is 5.73 Å². The average Bonchev–Trinajstić information content (AvgIpc) is 3.14. The smallest absolute Gasteiger partial charge is 0.469 e. The van der Waals surface area contributed by atoms with Crippen molar-refractivity contribution < 1.29 is 52.9 Å². The molecule has 0 aliphatic rings. The van der Waals surface area contributed by atoms with Gasteiger partial charge in [0.25, 0.3) is 0 Å². The molecule has 0 rings (SSSR count). The third-order valence-corrected chi connectivity index (χ3v) is 10.8. The van der Waals surface area contributed by atoms with Gasteiger partial charge in [0.1, 0.15) is 12.6 Å². The van der Waals surface area contributed by atoms with Crippen LogP contribution in [0.25, 0.3) is 0 Å². The largest absolute Gasteiger partial charge is 0.481 e. The molecular formula is C41H72NO11PS. The second kappa shape index (κ2) is 35.0. The third-order valence-electron chi connectivity index (χ3n) is 8.89. The van der Waals surface area contributed by atoms with E-state index in [4.69, 9.17) is 20.3 Å². The predicted octanol–water partition coefficient (Wildman–Crippen LogP) is 8.74. The molecule has 0 bridgehead atoms. The number of carboxylic acids is 1. The minimum Gasteiger partial charge on any atom is -0.481 e. The Morgan fingerprint density at radius 1 is 0.800 bits per heavy atom. The number of ether oxygens (including phenoxy) is 2. The number of phosphoric ester groups is 1. The van der Waals surface area contributed by atoms with Crippen molar-refractivity contribution in [2.24, 2.45) is 11.7 Å². The maximum Gasteiger partial charge on any atom is 0.469 e. The van der Waals surface area contributed by atoms with Gasteiger partial charge in [-0.2, -0.15) is 0 Å². The predicted molar refractivity (Wildman–Crippen MR) is 221 cm³/mol. The van der Waals surface area contributed by atoms with Crippen molar-refractivity contribution in [3.05, 3.63) is 48.6 Å². The second-order valence-corrected chi connectivity index (χ2v) is 16.5. The fourth-order valence-corrected chi connectivity index (χ4v) is 6.79. The molecule has 14 heteroatoms. The van der Waals surface area contributed by atoms with E-state index in [2.05, 4.69) is 37.4 Å². The monoisotopic (exact) mass is 817 g/mol. The first-order valence-electron chi connectivity index (χ1n) is 20.3. The average molecular weight is 818 g/mol. The van der Waals surface area contributed by atoms with Crippen LogP contribution >= 0.6 is 19.6 Å². The second-order valence-electron chi connectivity index (χ2n) is 14.1. The molecule has 0 heterocycles. The summed E-state index contributed by atoms with van der Waals surface area (Å²) in [5.41, 5.74) is 6.11. The highest BCUT2D eigenvalue weighted by Crippen LogP contribution is 2.36. The van der Waals surface area contributed by atoms with Crippen LogP contribution in [0, 0.1) is 5.92 Å². The van der Waals surface area contributed by atoms with Crippen LogP contribution in [0.2, 0.25) is 0 Å². The number of phosphoric acid groups is 1. The van der Waals surface area contributed by atoms with Crippen LogP contribution in [0.5, 0.6) is 0 Å². The van der Waals surface area contributed by atoms with E-state index in [9.17, 15) is 33.8 Å². The number of unbranched alkanes of at least 4 members (excludes halogenated alkanes) is 10. The van der Waals surface area contributed by atoms with Crippen LogP contribution in [-0.4, -0.2) is 80.4 Å². The number of esters is 2. The van der Waals surface area contributed by atoms with Crippen molar-refractivity contribution in [3.8, 4) is 0 Å². The van der Waals surface area contributed by atoms with Gasteiger partial charge in [-0.1, -0.05) is 140 Å². The van der Waals surface area contributed by atoms with Crippen molar-refractivity contribution in [2.45, 2.75) is 166 Å². The number of carbonyl (C=O) groups excluding carboxylic acids is 2. The molecule has 0 saturated carbocycles. The van der Waals surface area contributed by atoms with E-state index in [1.165, 1.54) is 69.5 Å². The van der Waals surface area contributed by atoms with Crippen molar-refractivity contribution in [1.29, 1.82) is 0 Å². The van der Waals surface area contributed by atoms with E-state index >= 15 is 0 Å². The lowest BCUT2D eigenvalue weighted by Gasteiger charge is -2.23. The quantitative estimate of drug-likeness (QED) is 0.0132. The van der Waals surface area contributed by atoms with Crippen molar-refractivity contribution in [3.63, 3.8) is 0 Å². The maximum absolute atomic E-state index is 12.9. The summed E-state index contributed by atoms with van der Waals surface area (Å²) < 4.78 is 26.5. The van der Waals surface area contributed by atoms with E-state index in [1.807, 2.05) is 18.2 Å². The van der Waals surface area contributed by atoms with E-state index in [1.54, 1.807) is 18.2 Å². The number of hydrogen-bond acceptors (Lipinski definition) is 10. The Hall–Kier alpha value is -2.25. The van der Waals surface area contributed by atoms with Gasteiger partial charge in [0, 0.05) is 23.8 Å². The van der Waals surface area contributed by atoms with Gasteiger partial charge in [-0.15, -0.1) is 11.8 Å². The Balaban J connectivity index is 4.98. The van der Waals surface area contributed by atoms with Gasteiger partial charge in [0.05, 0.1) is 12.7 Å². The normalized spacial score (nSPS) is 15.2. The molecule has 0 spiro atoms. The summed E-state index contributed by atoms with van der Waals surface area (Å²) in [6.45, 7) is 5.51. The minimum atomic E-state index is -4.91. The topological polar surface area (TPSA) is 203 Å². The molecule has 0 radical (unpaired) electrons. The Bertz CT molecular complexity index is 1170. The van der Waals surface area contributed by atoms with Gasteiger partial charge in [-0.3, -0.25) is 18.9 Å². The summed E-state index contributed by atoms with van der Waals surface area (Å²) >= 11 is 1.18. The highest BCUT2D eigenvalue weighted by Gasteiger charge is 2.27. The first-order chi connectivity index (χ1) is 26.3. The lowest BCUT2D eigenvalue weighted by molar-refractivity contribution is -0.161. The molecule has 0 aliphatic carbocycles. The number of aliphatic hydroxyl groups is 1. The van der Waals surface area contributed by atoms with Gasteiger partial charge in [0.15, 0.2) is 6.10 Å². The van der Waals surface area contributed by atoms with Gasteiger partial charge in [-0.25, -0.2) is 4.57 Å². The molecule has 0 aromatic heterocycles. The zero-order valence-corrected chi connectivity index (χ0v) is 35.4. The van der Waals surface area contributed by atoms with E-state index in [0.29, 0.717) is 6.42 Å². The number of allylic oxidation sites excluding steroid dienone is 7. The highest BCUT2D eigenvalue weighted by molar-refractivity contribution is 8.00. The number of nitrogens with two attached hydrogens (primary N) is 1. The minimum absolute atomic E-state index is 0.00194. The standard InChI is InChI=1S/C41H72NO11PS/c1-4-6-7-8-9-10-11-12-13-17-20-23-28-38(37(43)27-25-29-39(44)45)55-33-36(42)41(47)53-35(32-52-54(48,49)50)31-51-40(46)30-24-21-18-15-14-16-19-22-26-34(3)5-2/h9-10,12-13,17,20,23,28,34-38,43H,4-8,11,14-16,18-19,21-22,24-27,29-33,42H2,1-3H3,(H,44,45)(H2,48,49,50)/b10-9-,13-12-,20-17+,28-23+/t34?,35-,36+,37+,38-/m1/s1. The SMILES string of the molecule is CCCCC/C=C\C\C=C/C=C/C=C/[C@@H](SC[C@H](N)C(=O)O[C@H](COC(=O)CCCCCCCCCCC(C)CC)COP(=O)(O)O)[C@@H](O)CCCC(=O)O. The molecule has 6 N–H and O–H groups in total. The van der Waals surface area contributed by atoms with Crippen molar-refractivity contribution >= 4 is 37.5 Å². The number of carboxylic acid groups (broad SMARTS) is 1. The number of carbonyl (C=O) groups is 3. The molecule has 1 unspecified atom stereocenters. The Kier molecular flexibility index (Phi) is 33.5. The Morgan fingerprint density at radius 3 is 2.13 bits per heavy atom. The maximum atomic E-state index is 12.9. The molecule has 0 aromatic rings. The zero-order valence-electron chi connectivity index (χ0n) is 33.6. The van der Waals surface area contributed by atoms with Crippen LogP contribution in [0.3, 0.4) is 0 Å². The number of thioether (sulfide) groups is 1. The molecule has 0 aromatic carbocycles. The molecule has 12 nitrogen and oxygen atoms in total. The van der Waals surface area contributed by atoms with Gasteiger partial charge >= 0.3 is 25.7 Å². The highest BCUT2D eigenvalue weighted by atomic mass is 32.2. The van der Waals surface area contributed by atoms with E-state index in [-0.39, 0.29) is 31.4 Å². The van der Waals surface area contributed by atoms with Crippen LogP contribution in [0.1, 0.15) is 143 Å². The zero-order chi connectivity index (χ0) is 41.2. The molecule has 0 fully saturated rings. The molecule has 5 atom stereocenters. The summed E-state index contributed by atoms with van der Waals surface area (Å²) in [4.78, 5) is 54.6. The first-order valence-corrected chi connectivity index (χ1v) is 22.8. The number of aliphatic carboxylic acids is 1. The molecule has 0 amide bonds. The summed E-state index contributed by atoms with van der Waals surface area (Å²) in [5.74, 6) is -1.60. The fourth-order valence-electron chi connectivity index (χ4n) is 5.30. The van der Waals surface area contributed by atoms with Crippen LogP contribution in [0.4, 0.5) is 0 Å². The van der Waals surface area contributed by atoms with Gasteiger partial charge in [-0.05, 0) is 44.4 Å². The van der Waals surface area contributed by atoms with Crippen LogP contribution in [-0.2, 0) is 32.9 Å². The number of aliphatic hydroxyl groups excluding tert-OH is 1. The summed E-state index contributed by atoms with van der Waals surface area (Å²) in [6, 6.07) is -1.20. The summed E-state index contributed by atoms with van der Waals surface area (Å²) in [6.07, 6.45) is 30.3. The lowest BCUT2D eigenvalue weighted by Crippen LogP contribution is -2.40. The molecular weight excluding hydrogens is 745 g/mol. The first kappa shape index (κ1) is 52.8. The Labute approximate surface area is 335 Å². The van der Waals surface area contributed by atoms with Crippen molar-refractivity contribution in [2.75, 3.05) is 19.0 Å². The summed E-state index contributed by atoms with van der Waals surface area (Å²) in [5, 5.41) is 19.3. The molecule has 318 valence electrons. The van der Waals surface area contributed by atoms with E-state index in [0.717, 1.165) is 38.0 Å². The number of hydrogen-bond donors (Lipinski definition) is 5. The third kappa shape index (κ3) is 34.7. The van der Waals surface area contributed by atoms with Crippen LogP contribution in [0.15, 0.2) is 48.6 Å². The van der Waals surface area contributed by atoms with Gasteiger partial charge in [0.2, 0.25) is 0 Å². The fraction of sp³-hybridized carbons (Fsp3) is 0.732. The van der Waals surface area contributed by atoms with Gasteiger partial charge < -0.3 is 35.2 Å². The van der Waals surface area contributed by atoms with E-state index < -0.39 is 62.4 Å². The van der Waals surface area contributed by atoms with Crippen molar-refractivity contribution in [1.82, 2.24) is 0 Å². The molecule has 55 heavy (non-hydrogen) atoms. The molecule has 0 aliphatic heterocycles. The molecule has 0 saturated heterocycles. The summed E-state index contributed by atoms with van der Waals surface area (Å²) in [7, 11) is -4.91. The lowest BCUT2D eigenvalue weighted by atomic mass is 9.99.